The van der Waals surface area contributed by atoms with Crippen LogP contribution < -0.4 is 4.74 Å². The van der Waals surface area contributed by atoms with E-state index in [4.69, 9.17) is 4.74 Å². The first-order valence-electron chi connectivity index (χ1n) is 7.88. The summed E-state index contributed by atoms with van der Waals surface area (Å²) in [7, 11) is 0. The minimum absolute atomic E-state index is 0.0463. The van der Waals surface area contributed by atoms with Gasteiger partial charge in [-0.2, -0.15) is 0 Å². The zero-order valence-corrected chi connectivity index (χ0v) is 12.7. The van der Waals surface area contributed by atoms with E-state index in [2.05, 4.69) is 0 Å². The summed E-state index contributed by atoms with van der Waals surface area (Å²) in [4.78, 5) is 37.6. The largest absolute Gasteiger partial charge is 0.426 e. The number of fused-ring (bicyclic) bond motifs is 1. The third kappa shape index (κ3) is 3.25. The Bertz CT molecular complexity index is 604. The highest BCUT2D eigenvalue weighted by atomic mass is 19.1. The molecule has 0 spiro atoms. The van der Waals surface area contributed by atoms with Gasteiger partial charge in [0.15, 0.2) is 0 Å². The Morgan fingerprint density at radius 1 is 1.09 bits per heavy atom. The maximum Gasteiger partial charge on any atom is 0.312 e. The van der Waals surface area contributed by atoms with E-state index in [1.807, 2.05) is 0 Å². The summed E-state index contributed by atoms with van der Waals surface area (Å²) >= 11 is 0. The monoisotopic (exact) mass is 319 g/mol. The standard InChI is InChI=1S/C17H18FNO4/c18-11-5-7-12(8-6-11)23-15(20)9-10-19-16(21)13-3-1-2-4-14(13)17(19)22/h5-8,13-14H,1-4,9-10H2/t13-,14+. The highest BCUT2D eigenvalue weighted by Gasteiger charge is 2.47. The summed E-state index contributed by atoms with van der Waals surface area (Å²) in [6.45, 7) is 0.0463. The molecule has 2 aliphatic rings. The Hall–Kier alpha value is -2.24. The van der Waals surface area contributed by atoms with E-state index in [0.717, 1.165) is 25.7 Å². The number of likely N-dealkylation sites (tertiary alicyclic amines) is 1. The number of amides is 2. The number of hydrogen-bond donors (Lipinski definition) is 0. The first-order valence-corrected chi connectivity index (χ1v) is 7.88. The molecule has 0 bridgehead atoms. The van der Waals surface area contributed by atoms with Crippen LogP contribution in [0.1, 0.15) is 32.1 Å². The van der Waals surface area contributed by atoms with Crippen LogP contribution in [-0.4, -0.2) is 29.2 Å². The van der Waals surface area contributed by atoms with Gasteiger partial charge >= 0.3 is 5.97 Å². The normalized spacial score (nSPS) is 23.8. The lowest BCUT2D eigenvalue weighted by molar-refractivity contribution is -0.141. The van der Waals surface area contributed by atoms with Crippen LogP contribution in [0, 0.1) is 17.7 Å². The molecule has 1 saturated heterocycles. The van der Waals surface area contributed by atoms with E-state index in [-0.39, 0.29) is 42.4 Å². The van der Waals surface area contributed by atoms with E-state index >= 15 is 0 Å². The van der Waals surface area contributed by atoms with Crippen molar-refractivity contribution in [2.75, 3.05) is 6.54 Å². The minimum Gasteiger partial charge on any atom is -0.426 e. The van der Waals surface area contributed by atoms with Crippen molar-refractivity contribution >= 4 is 17.8 Å². The van der Waals surface area contributed by atoms with Crippen LogP contribution >= 0.6 is 0 Å². The van der Waals surface area contributed by atoms with Crippen molar-refractivity contribution in [3.63, 3.8) is 0 Å². The van der Waals surface area contributed by atoms with E-state index in [1.54, 1.807) is 0 Å². The van der Waals surface area contributed by atoms with Crippen LogP contribution in [0.3, 0.4) is 0 Å². The molecule has 1 aliphatic heterocycles. The fourth-order valence-corrected chi connectivity index (χ4v) is 3.34. The SMILES string of the molecule is O=C(CCN1C(=O)[C@H]2CCCC[C@H]2C1=O)Oc1ccc(F)cc1. The predicted octanol–water partition coefficient (Wildman–Crippen LogP) is 2.30. The molecule has 5 nitrogen and oxygen atoms in total. The number of carbonyl (C=O) groups is 3. The van der Waals surface area contributed by atoms with Crippen molar-refractivity contribution in [3.8, 4) is 5.75 Å². The Kier molecular flexibility index (Phi) is 4.41. The number of carbonyl (C=O) groups excluding carboxylic acids is 3. The second-order valence-corrected chi connectivity index (χ2v) is 6.00. The summed E-state index contributed by atoms with van der Waals surface area (Å²) in [6.07, 6.45) is 3.40. The van der Waals surface area contributed by atoms with Gasteiger partial charge in [-0.15, -0.1) is 0 Å². The number of rotatable bonds is 4. The molecular formula is C17H18FNO4. The first-order chi connectivity index (χ1) is 11.1. The smallest absolute Gasteiger partial charge is 0.312 e. The van der Waals surface area contributed by atoms with Crippen molar-refractivity contribution in [1.82, 2.24) is 4.90 Å². The number of imide groups is 1. The van der Waals surface area contributed by atoms with Gasteiger partial charge in [0.2, 0.25) is 11.8 Å². The zero-order chi connectivity index (χ0) is 16.4. The van der Waals surface area contributed by atoms with Gasteiger partial charge in [0, 0.05) is 6.54 Å². The molecule has 3 rings (SSSR count). The molecule has 23 heavy (non-hydrogen) atoms. The molecule has 0 radical (unpaired) electrons. The molecule has 2 atom stereocenters. The van der Waals surface area contributed by atoms with Crippen molar-refractivity contribution < 1.29 is 23.5 Å². The summed E-state index contributed by atoms with van der Waals surface area (Å²) in [5.41, 5.74) is 0. The Morgan fingerprint density at radius 3 is 2.22 bits per heavy atom. The molecule has 1 aliphatic carbocycles. The van der Waals surface area contributed by atoms with E-state index in [1.165, 1.54) is 29.2 Å². The number of benzene rings is 1. The van der Waals surface area contributed by atoms with Gasteiger partial charge in [0.1, 0.15) is 11.6 Å². The molecule has 1 aromatic rings. The molecule has 0 unspecified atom stereocenters. The molecular weight excluding hydrogens is 301 g/mol. The Labute approximate surface area is 133 Å². The second-order valence-electron chi connectivity index (χ2n) is 6.00. The molecule has 0 aromatic heterocycles. The molecule has 6 heteroatoms. The molecule has 1 heterocycles. The van der Waals surface area contributed by atoms with Crippen LogP contribution in [0.25, 0.3) is 0 Å². The van der Waals surface area contributed by atoms with Crippen molar-refractivity contribution in [2.24, 2.45) is 11.8 Å². The fourth-order valence-electron chi connectivity index (χ4n) is 3.34. The summed E-state index contributed by atoms with van der Waals surface area (Å²) in [6, 6.07) is 5.10. The molecule has 1 aromatic carbocycles. The van der Waals surface area contributed by atoms with E-state index in [9.17, 15) is 18.8 Å². The van der Waals surface area contributed by atoms with Gasteiger partial charge in [-0.1, -0.05) is 12.8 Å². The Balaban J connectivity index is 1.55. The molecule has 2 amide bonds. The average Bonchev–Trinajstić information content (AvgIpc) is 2.80. The molecule has 0 N–H and O–H groups in total. The fraction of sp³-hybridized carbons (Fsp3) is 0.471. The third-order valence-electron chi connectivity index (χ3n) is 4.52. The van der Waals surface area contributed by atoms with Crippen LogP contribution in [0.5, 0.6) is 5.75 Å². The molecule has 122 valence electrons. The van der Waals surface area contributed by atoms with Crippen LogP contribution in [-0.2, 0) is 14.4 Å². The van der Waals surface area contributed by atoms with E-state index < -0.39 is 11.8 Å². The average molecular weight is 319 g/mol. The maximum absolute atomic E-state index is 12.8. The zero-order valence-electron chi connectivity index (χ0n) is 12.7. The third-order valence-corrected chi connectivity index (χ3v) is 4.52. The molecule has 1 saturated carbocycles. The van der Waals surface area contributed by atoms with Gasteiger partial charge in [0.25, 0.3) is 0 Å². The minimum atomic E-state index is -0.549. The second kappa shape index (κ2) is 6.48. The first kappa shape index (κ1) is 15.6. The number of nitrogens with zero attached hydrogens (tertiary/aromatic N) is 1. The molecule has 2 fully saturated rings. The number of esters is 1. The van der Waals surface area contributed by atoms with Crippen molar-refractivity contribution in [2.45, 2.75) is 32.1 Å². The maximum atomic E-state index is 12.8. The number of hydrogen-bond acceptors (Lipinski definition) is 4. The van der Waals surface area contributed by atoms with Crippen LogP contribution in [0.4, 0.5) is 4.39 Å². The number of ether oxygens (including phenoxy) is 1. The quantitative estimate of drug-likeness (QED) is 0.485. The van der Waals surface area contributed by atoms with Crippen LogP contribution in [0.2, 0.25) is 0 Å². The highest BCUT2D eigenvalue weighted by Crippen LogP contribution is 2.37. The van der Waals surface area contributed by atoms with Gasteiger partial charge in [-0.05, 0) is 37.1 Å². The van der Waals surface area contributed by atoms with Gasteiger partial charge in [-0.25, -0.2) is 4.39 Å². The Morgan fingerprint density at radius 2 is 1.65 bits per heavy atom. The predicted molar refractivity (Wildman–Crippen MR) is 78.8 cm³/mol. The lowest BCUT2D eigenvalue weighted by Crippen LogP contribution is -2.33. The lowest BCUT2D eigenvalue weighted by atomic mass is 9.81. The van der Waals surface area contributed by atoms with E-state index in [0.29, 0.717) is 0 Å². The van der Waals surface area contributed by atoms with Crippen molar-refractivity contribution in [3.05, 3.63) is 30.1 Å². The van der Waals surface area contributed by atoms with Gasteiger partial charge in [0.05, 0.1) is 18.3 Å². The van der Waals surface area contributed by atoms with Gasteiger partial charge < -0.3 is 4.74 Å². The van der Waals surface area contributed by atoms with Crippen molar-refractivity contribution in [1.29, 1.82) is 0 Å². The van der Waals surface area contributed by atoms with Gasteiger partial charge in [-0.3, -0.25) is 19.3 Å². The van der Waals surface area contributed by atoms with Crippen LogP contribution in [0.15, 0.2) is 24.3 Å². The lowest BCUT2D eigenvalue weighted by Gasteiger charge is -2.19. The summed E-state index contributed by atoms with van der Waals surface area (Å²) < 4.78 is 17.8. The topological polar surface area (TPSA) is 63.7 Å². The highest BCUT2D eigenvalue weighted by molar-refractivity contribution is 6.05. The number of halogens is 1. The summed E-state index contributed by atoms with van der Waals surface area (Å²) in [5.74, 6) is -1.45. The summed E-state index contributed by atoms with van der Waals surface area (Å²) in [5, 5.41) is 0.